The molecule has 6 heteroatoms. The molecule has 0 aliphatic carbocycles. The average Bonchev–Trinajstić information content (AvgIpc) is 2.50. The van der Waals surface area contributed by atoms with Gasteiger partial charge in [-0.3, -0.25) is 14.9 Å². The van der Waals surface area contributed by atoms with E-state index in [1.807, 2.05) is 0 Å². The summed E-state index contributed by atoms with van der Waals surface area (Å²) < 4.78 is 0. The van der Waals surface area contributed by atoms with Gasteiger partial charge in [0.2, 0.25) is 0 Å². The Hall–Kier alpha value is -1.27. The number of carbonyl (C=O) groups excluding carboxylic acids is 1. The Morgan fingerprint density at radius 3 is 2.64 bits per heavy atom. The maximum Gasteiger partial charge on any atom is 0.324 e. The molecule has 0 aliphatic rings. The van der Waals surface area contributed by atoms with E-state index in [0.717, 1.165) is 11.3 Å². The Bertz CT molecular complexity index is 359. The number of rotatable bonds is 4. The lowest BCUT2D eigenvalue weighted by Crippen LogP contribution is -2.20. The van der Waals surface area contributed by atoms with Crippen LogP contribution in [-0.2, 0) is 0 Å². The molecule has 0 amide bonds. The van der Waals surface area contributed by atoms with Crippen molar-refractivity contribution in [2.45, 2.75) is 0 Å². The molecule has 0 atom stereocenters. The van der Waals surface area contributed by atoms with E-state index in [-0.39, 0.29) is 17.3 Å². The summed E-state index contributed by atoms with van der Waals surface area (Å²) in [5.41, 5.74) is 0. The highest BCUT2D eigenvalue weighted by Gasteiger charge is 2.15. The van der Waals surface area contributed by atoms with Crippen molar-refractivity contribution in [1.82, 2.24) is 4.90 Å². The lowest BCUT2D eigenvalue weighted by Gasteiger charge is -2.05. The molecule has 1 rings (SSSR count). The van der Waals surface area contributed by atoms with E-state index < -0.39 is 4.92 Å². The summed E-state index contributed by atoms with van der Waals surface area (Å²) >= 11 is 0.916. The highest BCUT2D eigenvalue weighted by Crippen LogP contribution is 2.24. The Labute approximate surface area is 85.1 Å². The van der Waals surface area contributed by atoms with Crippen molar-refractivity contribution < 1.29 is 9.72 Å². The molecular weight excluding hydrogens is 204 g/mol. The second kappa shape index (κ2) is 4.30. The van der Waals surface area contributed by atoms with E-state index in [0.29, 0.717) is 4.88 Å². The quantitative estimate of drug-likeness (QED) is 0.431. The molecular formula is C8H10N2O3S. The van der Waals surface area contributed by atoms with Crippen molar-refractivity contribution in [2.75, 3.05) is 20.6 Å². The minimum Gasteiger partial charge on any atom is -0.302 e. The summed E-state index contributed by atoms with van der Waals surface area (Å²) in [6.07, 6.45) is 0. The number of Topliss-reactive ketones (excluding diaryl/α,β-unsaturated/α-hetero) is 1. The molecule has 0 N–H and O–H groups in total. The van der Waals surface area contributed by atoms with E-state index in [2.05, 4.69) is 0 Å². The number of nitro groups is 1. The van der Waals surface area contributed by atoms with Crippen LogP contribution in [0.25, 0.3) is 0 Å². The van der Waals surface area contributed by atoms with Crippen molar-refractivity contribution >= 4 is 22.1 Å². The molecule has 0 radical (unpaired) electrons. The van der Waals surface area contributed by atoms with Crippen LogP contribution < -0.4 is 0 Å². The van der Waals surface area contributed by atoms with Crippen molar-refractivity contribution in [1.29, 1.82) is 0 Å². The first-order valence-corrected chi connectivity index (χ1v) is 4.74. The Morgan fingerprint density at radius 2 is 2.21 bits per heavy atom. The maximum atomic E-state index is 11.4. The van der Waals surface area contributed by atoms with Gasteiger partial charge >= 0.3 is 5.00 Å². The van der Waals surface area contributed by atoms with Gasteiger partial charge in [0.1, 0.15) is 0 Å². The lowest BCUT2D eigenvalue weighted by molar-refractivity contribution is -0.380. The van der Waals surface area contributed by atoms with Crippen LogP contribution in [0, 0.1) is 10.1 Å². The van der Waals surface area contributed by atoms with Crippen LogP contribution in [0.5, 0.6) is 0 Å². The fraction of sp³-hybridized carbons (Fsp3) is 0.375. The van der Waals surface area contributed by atoms with Crippen LogP contribution in [0.1, 0.15) is 9.67 Å². The predicted octanol–water partition coefficient (Wildman–Crippen LogP) is 1.40. The van der Waals surface area contributed by atoms with Gasteiger partial charge in [-0.15, -0.1) is 0 Å². The number of nitrogens with zero attached hydrogens (tertiary/aromatic N) is 2. The molecule has 0 bridgehead atoms. The van der Waals surface area contributed by atoms with Gasteiger partial charge in [-0.05, 0) is 20.2 Å². The van der Waals surface area contributed by atoms with E-state index in [1.54, 1.807) is 19.0 Å². The molecule has 0 saturated heterocycles. The van der Waals surface area contributed by atoms with Gasteiger partial charge in [-0.2, -0.15) is 0 Å². The Balaban J connectivity index is 2.76. The van der Waals surface area contributed by atoms with E-state index in [1.165, 1.54) is 12.1 Å². The number of likely N-dealkylation sites (N-methyl/N-ethyl adjacent to an activating group) is 1. The van der Waals surface area contributed by atoms with Gasteiger partial charge in [-0.25, -0.2) is 0 Å². The second-order valence-electron chi connectivity index (χ2n) is 3.06. The number of hydrogen-bond donors (Lipinski definition) is 0. The largest absolute Gasteiger partial charge is 0.324 e. The summed E-state index contributed by atoms with van der Waals surface area (Å²) in [5.74, 6) is -0.0897. The third-order valence-electron chi connectivity index (χ3n) is 1.51. The smallest absolute Gasteiger partial charge is 0.302 e. The van der Waals surface area contributed by atoms with Gasteiger partial charge in [0, 0.05) is 6.07 Å². The topological polar surface area (TPSA) is 63.5 Å². The summed E-state index contributed by atoms with van der Waals surface area (Å²) in [6.45, 7) is 0.275. The highest BCUT2D eigenvalue weighted by atomic mass is 32.1. The van der Waals surface area contributed by atoms with Crippen LogP contribution in [0.4, 0.5) is 5.00 Å². The normalized spacial score (nSPS) is 10.5. The van der Waals surface area contributed by atoms with E-state index >= 15 is 0 Å². The minimum atomic E-state index is -0.489. The van der Waals surface area contributed by atoms with Crippen LogP contribution in [-0.4, -0.2) is 36.2 Å². The van der Waals surface area contributed by atoms with Gasteiger partial charge in [-0.1, -0.05) is 11.3 Å². The van der Waals surface area contributed by atoms with Crippen molar-refractivity contribution in [3.63, 3.8) is 0 Å². The van der Waals surface area contributed by atoms with Crippen LogP contribution >= 0.6 is 11.3 Å². The highest BCUT2D eigenvalue weighted by molar-refractivity contribution is 7.17. The van der Waals surface area contributed by atoms with Crippen LogP contribution in [0.2, 0.25) is 0 Å². The van der Waals surface area contributed by atoms with Crippen LogP contribution in [0.3, 0.4) is 0 Å². The monoisotopic (exact) mass is 214 g/mol. The number of carbonyl (C=O) groups is 1. The molecule has 0 spiro atoms. The third kappa shape index (κ3) is 2.61. The molecule has 5 nitrogen and oxygen atoms in total. The Morgan fingerprint density at radius 1 is 1.57 bits per heavy atom. The third-order valence-corrected chi connectivity index (χ3v) is 2.58. The summed E-state index contributed by atoms with van der Waals surface area (Å²) in [6, 6.07) is 2.85. The zero-order valence-electron chi connectivity index (χ0n) is 7.89. The Kier molecular flexibility index (Phi) is 3.32. The van der Waals surface area contributed by atoms with Gasteiger partial charge in [0.05, 0.1) is 16.3 Å². The standard InChI is InChI=1S/C8H10N2O3S/c1-9(2)5-6(11)7-3-4-8(14-7)10(12)13/h3-4H,5H2,1-2H3. The first-order valence-electron chi connectivity index (χ1n) is 3.93. The summed E-state index contributed by atoms with van der Waals surface area (Å²) in [4.78, 5) is 23.5. The minimum absolute atomic E-state index is 0.00658. The summed E-state index contributed by atoms with van der Waals surface area (Å²) in [5, 5.41) is 10.4. The molecule has 0 saturated carbocycles. The number of thiophene rings is 1. The molecule has 76 valence electrons. The van der Waals surface area contributed by atoms with Crippen molar-refractivity contribution in [3.05, 3.63) is 27.1 Å². The van der Waals surface area contributed by atoms with E-state index in [9.17, 15) is 14.9 Å². The number of ketones is 1. The number of hydrogen-bond acceptors (Lipinski definition) is 5. The zero-order valence-corrected chi connectivity index (χ0v) is 8.71. The van der Waals surface area contributed by atoms with E-state index in [4.69, 9.17) is 0 Å². The van der Waals surface area contributed by atoms with Crippen molar-refractivity contribution in [2.24, 2.45) is 0 Å². The lowest BCUT2D eigenvalue weighted by atomic mass is 10.3. The van der Waals surface area contributed by atoms with Gasteiger partial charge < -0.3 is 4.90 Å². The van der Waals surface area contributed by atoms with Gasteiger partial charge in [0.25, 0.3) is 0 Å². The predicted molar refractivity (Wildman–Crippen MR) is 53.9 cm³/mol. The van der Waals surface area contributed by atoms with Gasteiger partial charge in [0.15, 0.2) is 5.78 Å². The SMILES string of the molecule is CN(C)CC(=O)c1ccc([N+](=O)[O-])s1. The molecule has 1 heterocycles. The first kappa shape index (κ1) is 10.8. The fourth-order valence-electron chi connectivity index (χ4n) is 0.941. The summed E-state index contributed by atoms with van der Waals surface area (Å²) in [7, 11) is 3.56. The maximum absolute atomic E-state index is 11.4. The molecule has 1 aromatic rings. The molecule has 0 aromatic carbocycles. The molecule has 14 heavy (non-hydrogen) atoms. The molecule has 0 aliphatic heterocycles. The fourth-order valence-corrected chi connectivity index (χ4v) is 1.69. The molecule has 0 fully saturated rings. The first-order chi connectivity index (χ1) is 6.50. The zero-order chi connectivity index (χ0) is 10.7. The average molecular weight is 214 g/mol. The molecule has 1 aromatic heterocycles. The second-order valence-corrected chi connectivity index (χ2v) is 4.12. The molecule has 0 unspecified atom stereocenters. The van der Waals surface area contributed by atoms with Crippen LogP contribution in [0.15, 0.2) is 12.1 Å². The van der Waals surface area contributed by atoms with Crippen molar-refractivity contribution in [3.8, 4) is 0 Å².